The van der Waals surface area contributed by atoms with Crippen LogP contribution in [0.4, 0.5) is 5.13 Å². The first-order valence-electron chi connectivity index (χ1n) is 8.05. The second kappa shape index (κ2) is 8.35. The Labute approximate surface area is 155 Å². The number of methoxy groups -OCH3 is 1. The molecule has 2 aromatic carbocycles. The molecule has 0 fully saturated rings. The standard InChI is InChI=1S/C19H19N3O3S/c1-3-25-18-10-13(8-9-16(18)23)11-20-22-19-21-15(12-26-19)14-6-4-5-7-17(14)24-2/h4-12,23H,3H2,1-2H3,(H,21,22)/b20-11-. The van der Waals surface area contributed by atoms with Crippen molar-refractivity contribution in [2.45, 2.75) is 6.92 Å². The maximum absolute atomic E-state index is 9.72. The highest BCUT2D eigenvalue weighted by Crippen LogP contribution is 2.32. The van der Waals surface area contributed by atoms with Gasteiger partial charge in [0.2, 0.25) is 5.13 Å². The van der Waals surface area contributed by atoms with Crippen molar-refractivity contribution >= 4 is 22.7 Å². The van der Waals surface area contributed by atoms with Crippen LogP contribution in [0.2, 0.25) is 0 Å². The Morgan fingerprint density at radius 2 is 2.08 bits per heavy atom. The van der Waals surface area contributed by atoms with Crippen molar-refractivity contribution in [3.63, 3.8) is 0 Å². The number of ether oxygens (including phenoxy) is 2. The third-order valence-corrected chi connectivity index (χ3v) is 4.29. The topological polar surface area (TPSA) is 76.0 Å². The first-order valence-corrected chi connectivity index (χ1v) is 8.93. The molecular formula is C19H19N3O3S. The molecule has 1 heterocycles. The molecule has 1 aromatic heterocycles. The highest BCUT2D eigenvalue weighted by molar-refractivity contribution is 7.14. The number of hydrogen-bond acceptors (Lipinski definition) is 7. The van der Waals surface area contributed by atoms with Crippen molar-refractivity contribution in [1.82, 2.24) is 4.98 Å². The number of nitrogens with one attached hydrogen (secondary N) is 1. The van der Waals surface area contributed by atoms with Crippen LogP contribution in [0.3, 0.4) is 0 Å². The van der Waals surface area contributed by atoms with Gasteiger partial charge in [-0.3, -0.25) is 5.43 Å². The smallest absolute Gasteiger partial charge is 0.203 e. The van der Waals surface area contributed by atoms with Crippen LogP contribution in [0.25, 0.3) is 11.3 Å². The third kappa shape index (κ3) is 4.12. The molecule has 0 amide bonds. The van der Waals surface area contributed by atoms with Crippen LogP contribution >= 0.6 is 11.3 Å². The summed E-state index contributed by atoms with van der Waals surface area (Å²) in [5, 5.41) is 16.5. The van der Waals surface area contributed by atoms with Crippen LogP contribution < -0.4 is 14.9 Å². The number of rotatable bonds is 7. The molecule has 0 aliphatic rings. The fraction of sp³-hybridized carbons (Fsp3) is 0.158. The van der Waals surface area contributed by atoms with Gasteiger partial charge in [-0.15, -0.1) is 11.3 Å². The third-order valence-electron chi connectivity index (χ3n) is 3.54. The Morgan fingerprint density at radius 1 is 1.23 bits per heavy atom. The minimum absolute atomic E-state index is 0.110. The van der Waals surface area contributed by atoms with E-state index in [1.165, 1.54) is 11.3 Å². The van der Waals surface area contributed by atoms with E-state index < -0.39 is 0 Å². The molecule has 0 unspecified atom stereocenters. The molecule has 0 aliphatic carbocycles. The molecule has 0 atom stereocenters. The summed E-state index contributed by atoms with van der Waals surface area (Å²) in [5.41, 5.74) is 5.49. The van der Waals surface area contributed by atoms with E-state index in [9.17, 15) is 5.11 Å². The lowest BCUT2D eigenvalue weighted by atomic mass is 10.1. The van der Waals surface area contributed by atoms with Gasteiger partial charge in [0.1, 0.15) is 5.75 Å². The number of thiazole rings is 1. The van der Waals surface area contributed by atoms with Crippen LogP contribution in [-0.4, -0.2) is 30.0 Å². The second-order valence-electron chi connectivity index (χ2n) is 5.27. The van der Waals surface area contributed by atoms with E-state index in [0.717, 1.165) is 22.6 Å². The molecule has 0 radical (unpaired) electrons. The number of aromatic hydroxyl groups is 1. The Hall–Kier alpha value is -3.06. The van der Waals surface area contributed by atoms with Crippen molar-refractivity contribution < 1.29 is 14.6 Å². The Bertz CT molecular complexity index is 909. The summed E-state index contributed by atoms with van der Waals surface area (Å²) in [7, 11) is 1.64. The van der Waals surface area contributed by atoms with Gasteiger partial charge in [0.05, 0.1) is 25.6 Å². The molecule has 134 valence electrons. The zero-order valence-electron chi connectivity index (χ0n) is 14.5. The average molecular weight is 369 g/mol. The number of phenolic OH excluding ortho intramolecular Hbond substituents is 1. The van der Waals surface area contributed by atoms with Crippen molar-refractivity contribution in [2.24, 2.45) is 5.10 Å². The fourth-order valence-electron chi connectivity index (χ4n) is 2.35. The lowest BCUT2D eigenvalue weighted by Gasteiger charge is -2.06. The van der Waals surface area contributed by atoms with E-state index in [4.69, 9.17) is 9.47 Å². The first kappa shape index (κ1) is 17.8. The summed E-state index contributed by atoms with van der Waals surface area (Å²) in [6.07, 6.45) is 1.64. The minimum Gasteiger partial charge on any atom is -0.504 e. The molecule has 0 bridgehead atoms. The predicted octanol–water partition coefficient (Wildman–Crippen LogP) is 4.37. The average Bonchev–Trinajstić information content (AvgIpc) is 3.13. The maximum Gasteiger partial charge on any atom is 0.203 e. The van der Waals surface area contributed by atoms with Gasteiger partial charge in [-0.05, 0) is 42.8 Å². The van der Waals surface area contributed by atoms with Crippen LogP contribution in [-0.2, 0) is 0 Å². The largest absolute Gasteiger partial charge is 0.504 e. The van der Waals surface area contributed by atoms with Gasteiger partial charge in [-0.1, -0.05) is 12.1 Å². The van der Waals surface area contributed by atoms with Crippen molar-refractivity contribution in [3.05, 3.63) is 53.4 Å². The molecule has 0 saturated carbocycles. The zero-order valence-corrected chi connectivity index (χ0v) is 15.3. The van der Waals surface area contributed by atoms with Crippen molar-refractivity contribution in [2.75, 3.05) is 19.1 Å². The highest BCUT2D eigenvalue weighted by atomic mass is 32.1. The molecule has 6 nitrogen and oxygen atoms in total. The number of anilines is 1. The van der Waals surface area contributed by atoms with Gasteiger partial charge < -0.3 is 14.6 Å². The number of nitrogens with zero attached hydrogens (tertiary/aromatic N) is 2. The Kier molecular flexibility index (Phi) is 5.70. The number of phenols is 1. The monoisotopic (exact) mass is 369 g/mol. The van der Waals surface area contributed by atoms with Gasteiger partial charge in [0.25, 0.3) is 0 Å². The van der Waals surface area contributed by atoms with Gasteiger partial charge in [0.15, 0.2) is 11.5 Å². The SMILES string of the molecule is CCOc1cc(/C=N\Nc2nc(-c3ccccc3OC)cs2)ccc1O. The van der Waals surface area contributed by atoms with Crippen molar-refractivity contribution in [1.29, 1.82) is 0 Å². The van der Waals surface area contributed by atoms with Gasteiger partial charge in [0, 0.05) is 10.9 Å². The fourth-order valence-corrected chi connectivity index (χ4v) is 3.01. The Balaban J connectivity index is 1.70. The molecule has 7 heteroatoms. The van der Waals surface area contributed by atoms with Crippen LogP contribution in [0.1, 0.15) is 12.5 Å². The molecule has 2 N–H and O–H groups in total. The highest BCUT2D eigenvalue weighted by Gasteiger charge is 2.09. The summed E-state index contributed by atoms with van der Waals surface area (Å²) < 4.78 is 10.7. The molecule has 3 aromatic rings. The summed E-state index contributed by atoms with van der Waals surface area (Å²) in [4.78, 5) is 4.53. The number of hydrogen-bond donors (Lipinski definition) is 2. The normalized spacial score (nSPS) is 10.8. The van der Waals surface area contributed by atoms with E-state index in [0.29, 0.717) is 17.5 Å². The van der Waals surface area contributed by atoms with E-state index in [1.807, 2.05) is 36.6 Å². The van der Waals surface area contributed by atoms with Gasteiger partial charge >= 0.3 is 0 Å². The Morgan fingerprint density at radius 3 is 2.88 bits per heavy atom. The molecule has 0 spiro atoms. The molecular weight excluding hydrogens is 350 g/mol. The van der Waals surface area contributed by atoms with E-state index in [-0.39, 0.29) is 5.75 Å². The van der Waals surface area contributed by atoms with E-state index >= 15 is 0 Å². The quantitative estimate of drug-likeness (QED) is 0.478. The maximum atomic E-state index is 9.72. The van der Waals surface area contributed by atoms with E-state index in [1.54, 1.807) is 31.5 Å². The molecule has 0 aliphatic heterocycles. The van der Waals surface area contributed by atoms with Crippen LogP contribution in [0, 0.1) is 0 Å². The summed E-state index contributed by atoms with van der Waals surface area (Å²) in [6.45, 7) is 2.35. The van der Waals surface area contributed by atoms with E-state index in [2.05, 4.69) is 15.5 Å². The molecule has 0 saturated heterocycles. The van der Waals surface area contributed by atoms with Crippen LogP contribution in [0.15, 0.2) is 52.9 Å². The predicted molar refractivity (Wildman–Crippen MR) is 105 cm³/mol. The van der Waals surface area contributed by atoms with Gasteiger partial charge in [-0.2, -0.15) is 5.10 Å². The first-order chi connectivity index (χ1) is 12.7. The number of hydrazone groups is 1. The number of benzene rings is 2. The minimum atomic E-state index is 0.110. The number of para-hydroxylation sites is 1. The van der Waals surface area contributed by atoms with Crippen molar-refractivity contribution in [3.8, 4) is 28.5 Å². The summed E-state index contributed by atoms with van der Waals surface area (Å²) in [5.74, 6) is 1.32. The lowest BCUT2D eigenvalue weighted by Crippen LogP contribution is -1.94. The molecule has 26 heavy (non-hydrogen) atoms. The summed E-state index contributed by atoms with van der Waals surface area (Å²) >= 11 is 1.46. The number of aromatic nitrogens is 1. The lowest BCUT2D eigenvalue weighted by molar-refractivity contribution is 0.318. The van der Waals surface area contributed by atoms with Crippen LogP contribution in [0.5, 0.6) is 17.2 Å². The molecule has 3 rings (SSSR count). The zero-order chi connectivity index (χ0) is 18.4. The van der Waals surface area contributed by atoms with Gasteiger partial charge in [-0.25, -0.2) is 4.98 Å². The second-order valence-corrected chi connectivity index (χ2v) is 6.13. The summed E-state index contributed by atoms with van der Waals surface area (Å²) in [6, 6.07) is 12.8.